The largest absolute Gasteiger partial charge is 0.382 e. The van der Waals surface area contributed by atoms with Crippen LogP contribution < -0.4 is 10.9 Å². The Balaban J connectivity index is 2.04. The molecule has 0 saturated heterocycles. The molecule has 18 heavy (non-hydrogen) atoms. The minimum atomic E-state index is -0.229. The van der Waals surface area contributed by atoms with Crippen LogP contribution in [0.25, 0.3) is 0 Å². The maximum absolute atomic E-state index is 11.3. The molecule has 5 heteroatoms. The molecular formula is C13H14BrN3O. The fourth-order valence-electron chi connectivity index (χ4n) is 1.67. The summed E-state index contributed by atoms with van der Waals surface area (Å²) < 4.78 is 0.484. The number of hydrogen-bond donors (Lipinski definition) is 2. The van der Waals surface area contributed by atoms with Crippen LogP contribution in [0.2, 0.25) is 0 Å². The third-order valence-electron chi connectivity index (χ3n) is 2.76. The number of aromatic nitrogens is 2. The van der Waals surface area contributed by atoms with Gasteiger partial charge in [-0.3, -0.25) is 4.79 Å². The van der Waals surface area contributed by atoms with Crippen molar-refractivity contribution in [2.75, 3.05) is 11.9 Å². The van der Waals surface area contributed by atoms with Crippen molar-refractivity contribution in [1.82, 2.24) is 10.2 Å². The fraction of sp³-hybridized carbons (Fsp3) is 0.231. The van der Waals surface area contributed by atoms with Crippen molar-refractivity contribution in [3.63, 3.8) is 0 Å². The van der Waals surface area contributed by atoms with Crippen LogP contribution in [0, 0.1) is 0 Å². The van der Waals surface area contributed by atoms with Gasteiger partial charge in [0.05, 0.1) is 11.9 Å². The molecule has 94 valence electrons. The van der Waals surface area contributed by atoms with Gasteiger partial charge in [-0.1, -0.05) is 37.3 Å². The van der Waals surface area contributed by atoms with Gasteiger partial charge in [0.25, 0.3) is 5.56 Å². The van der Waals surface area contributed by atoms with Crippen LogP contribution in [0.4, 0.5) is 5.69 Å². The number of halogens is 1. The SMILES string of the molecule is CC(CNc1cn[nH]c(=O)c1Br)c1ccccc1. The lowest BCUT2D eigenvalue weighted by Gasteiger charge is -2.14. The molecule has 0 spiro atoms. The van der Waals surface area contributed by atoms with E-state index in [9.17, 15) is 4.79 Å². The van der Waals surface area contributed by atoms with E-state index < -0.39 is 0 Å². The molecular weight excluding hydrogens is 294 g/mol. The summed E-state index contributed by atoms with van der Waals surface area (Å²) in [5, 5.41) is 9.36. The highest BCUT2D eigenvalue weighted by Gasteiger charge is 2.07. The highest BCUT2D eigenvalue weighted by atomic mass is 79.9. The van der Waals surface area contributed by atoms with Gasteiger partial charge in [0, 0.05) is 6.54 Å². The normalized spacial score (nSPS) is 12.1. The van der Waals surface area contributed by atoms with Crippen molar-refractivity contribution >= 4 is 21.6 Å². The van der Waals surface area contributed by atoms with Crippen LogP contribution in [0.5, 0.6) is 0 Å². The lowest BCUT2D eigenvalue weighted by atomic mass is 10.0. The lowest BCUT2D eigenvalue weighted by Crippen LogP contribution is -2.15. The van der Waals surface area contributed by atoms with Gasteiger partial charge in [0.2, 0.25) is 0 Å². The fourth-order valence-corrected chi connectivity index (χ4v) is 2.00. The van der Waals surface area contributed by atoms with E-state index in [4.69, 9.17) is 0 Å². The van der Waals surface area contributed by atoms with E-state index in [-0.39, 0.29) is 5.56 Å². The Kier molecular flexibility index (Phi) is 4.15. The Morgan fingerprint density at radius 2 is 2.11 bits per heavy atom. The lowest BCUT2D eigenvalue weighted by molar-refractivity contribution is 0.802. The molecule has 1 unspecified atom stereocenters. The molecule has 0 aliphatic rings. The number of rotatable bonds is 4. The highest BCUT2D eigenvalue weighted by Crippen LogP contribution is 2.19. The number of nitrogens with zero attached hydrogens (tertiary/aromatic N) is 1. The van der Waals surface area contributed by atoms with Crippen molar-refractivity contribution in [3.8, 4) is 0 Å². The molecule has 4 nitrogen and oxygen atoms in total. The quantitative estimate of drug-likeness (QED) is 0.913. The Morgan fingerprint density at radius 1 is 1.39 bits per heavy atom. The van der Waals surface area contributed by atoms with Crippen molar-refractivity contribution in [3.05, 3.63) is 56.9 Å². The minimum Gasteiger partial charge on any atom is -0.382 e. The van der Waals surface area contributed by atoms with E-state index in [1.807, 2.05) is 18.2 Å². The molecule has 0 aliphatic heterocycles. The zero-order valence-electron chi connectivity index (χ0n) is 9.98. The summed E-state index contributed by atoms with van der Waals surface area (Å²) in [6.45, 7) is 2.88. The van der Waals surface area contributed by atoms with E-state index in [0.717, 1.165) is 6.54 Å². The van der Waals surface area contributed by atoms with Crippen molar-refractivity contribution in [1.29, 1.82) is 0 Å². The van der Waals surface area contributed by atoms with Crippen LogP contribution in [0.1, 0.15) is 18.4 Å². The van der Waals surface area contributed by atoms with Crippen LogP contribution in [-0.2, 0) is 0 Å². The van der Waals surface area contributed by atoms with Gasteiger partial charge < -0.3 is 5.32 Å². The van der Waals surface area contributed by atoms with Gasteiger partial charge in [-0.15, -0.1) is 0 Å². The number of H-pyrrole nitrogens is 1. The van der Waals surface area contributed by atoms with Gasteiger partial charge >= 0.3 is 0 Å². The number of benzene rings is 1. The topological polar surface area (TPSA) is 57.8 Å². The molecule has 0 saturated carbocycles. The molecule has 1 aromatic heterocycles. The summed E-state index contributed by atoms with van der Waals surface area (Å²) >= 11 is 3.24. The molecule has 2 aromatic rings. The van der Waals surface area contributed by atoms with E-state index >= 15 is 0 Å². The van der Waals surface area contributed by atoms with Crippen LogP contribution in [0.3, 0.4) is 0 Å². The van der Waals surface area contributed by atoms with Gasteiger partial charge in [-0.05, 0) is 27.4 Å². The van der Waals surface area contributed by atoms with E-state index in [0.29, 0.717) is 16.1 Å². The number of aromatic amines is 1. The first-order valence-electron chi connectivity index (χ1n) is 5.70. The molecule has 1 atom stereocenters. The second-order valence-corrected chi connectivity index (χ2v) is 4.91. The second kappa shape index (κ2) is 5.82. The number of hydrogen-bond acceptors (Lipinski definition) is 3. The average molecular weight is 308 g/mol. The van der Waals surface area contributed by atoms with Crippen LogP contribution >= 0.6 is 15.9 Å². The Bertz CT molecular complexity index is 568. The molecule has 2 rings (SSSR count). The molecule has 2 N–H and O–H groups in total. The van der Waals surface area contributed by atoms with Gasteiger partial charge in [-0.2, -0.15) is 5.10 Å². The summed E-state index contributed by atoms with van der Waals surface area (Å²) in [6, 6.07) is 10.2. The van der Waals surface area contributed by atoms with Crippen molar-refractivity contribution in [2.45, 2.75) is 12.8 Å². The summed E-state index contributed by atoms with van der Waals surface area (Å²) in [6.07, 6.45) is 1.60. The smallest absolute Gasteiger partial charge is 0.280 e. The first-order chi connectivity index (χ1) is 8.68. The first kappa shape index (κ1) is 12.8. The summed E-state index contributed by atoms with van der Waals surface area (Å²) in [7, 11) is 0. The molecule has 1 heterocycles. The average Bonchev–Trinajstić information content (AvgIpc) is 2.41. The first-order valence-corrected chi connectivity index (χ1v) is 6.50. The monoisotopic (exact) mass is 307 g/mol. The molecule has 0 fully saturated rings. The standard InChI is InChI=1S/C13H14BrN3O/c1-9(10-5-3-2-4-6-10)7-15-11-8-16-17-13(18)12(11)14/h2-6,8-9H,7H2,1H3,(H2,15,17,18). The van der Waals surface area contributed by atoms with Gasteiger partial charge in [0.1, 0.15) is 4.47 Å². The number of nitrogens with one attached hydrogen (secondary N) is 2. The second-order valence-electron chi connectivity index (χ2n) is 4.12. The van der Waals surface area contributed by atoms with Crippen molar-refractivity contribution in [2.24, 2.45) is 0 Å². The van der Waals surface area contributed by atoms with Gasteiger partial charge in [0.15, 0.2) is 0 Å². The molecule has 0 radical (unpaired) electrons. The van der Waals surface area contributed by atoms with Crippen LogP contribution in [-0.4, -0.2) is 16.7 Å². The van der Waals surface area contributed by atoms with Gasteiger partial charge in [-0.25, -0.2) is 5.10 Å². The Hall–Kier alpha value is -1.62. The summed E-state index contributed by atoms with van der Waals surface area (Å²) in [5.41, 5.74) is 1.74. The number of anilines is 1. The third kappa shape index (κ3) is 2.98. The van der Waals surface area contributed by atoms with Crippen molar-refractivity contribution < 1.29 is 0 Å². The molecule has 0 aliphatic carbocycles. The maximum Gasteiger partial charge on any atom is 0.280 e. The van der Waals surface area contributed by atoms with Crippen LogP contribution in [0.15, 0.2) is 45.8 Å². The Labute approximate surface area is 114 Å². The van der Waals surface area contributed by atoms with E-state index in [2.05, 4.69) is 50.5 Å². The third-order valence-corrected chi connectivity index (χ3v) is 3.55. The minimum absolute atomic E-state index is 0.229. The maximum atomic E-state index is 11.3. The van der Waals surface area contributed by atoms with E-state index in [1.54, 1.807) is 6.20 Å². The molecule has 0 bridgehead atoms. The molecule has 0 amide bonds. The molecule has 1 aromatic carbocycles. The predicted octanol–water partition coefficient (Wildman–Crippen LogP) is 2.75. The summed E-state index contributed by atoms with van der Waals surface area (Å²) in [4.78, 5) is 11.3. The van der Waals surface area contributed by atoms with E-state index in [1.165, 1.54) is 5.56 Å². The summed E-state index contributed by atoms with van der Waals surface area (Å²) in [5.74, 6) is 0.359. The zero-order valence-corrected chi connectivity index (χ0v) is 11.6. The Morgan fingerprint density at radius 3 is 2.83 bits per heavy atom. The highest BCUT2D eigenvalue weighted by molar-refractivity contribution is 9.10. The zero-order chi connectivity index (χ0) is 13.0. The predicted molar refractivity (Wildman–Crippen MR) is 75.9 cm³/mol.